The average Bonchev–Trinajstić information content (AvgIpc) is 2.26. The Labute approximate surface area is 95.2 Å². The standard InChI is InChI=1S/C11H15FO3S/c1-9-3-5-11(6-4-9)16(13,14)10(2)15-8-7-12/h3-6,10H,7-8H2,1-2H3. The largest absolute Gasteiger partial charge is 0.359 e. The highest BCUT2D eigenvalue weighted by molar-refractivity contribution is 7.91. The Morgan fingerprint density at radius 2 is 1.88 bits per heavy atom. The van der Waals surface area contributed by atoms with Gasteiger partial charge < -0.3 is 4.74 Å². The van der Waals surface area contributed by atoms with E-state index in [0.29, 0.717) is 0 Å². The van der Waals surface area contributed by atoms with Crippen LogP contribution in [0.15, 0.2) is 29.2 Å². The van der Waals surface area contributed by atoms with Crippen molar-refractivity contribution in [3.8, 4) is 0 Å². The fraction of sp³-hybridized carbons (Fsp3) is 0.455. The van der Waals surface area contributed by atoms with Gasteiger partial charge in [-0.3, -0.25) is 0 Å². The molecular weight excluding hydrogens is 231 g/mol. The number of ether oxygens (including phenoxy) is 1. The molecule has 0 aliphatic heterocycles. The number of rotatable bonds is 5. The van der Waals surface area contributed by atoms with Crippen molar-refractivity contribution in [3.63, 3.8) is 0 Å². The van der Waals surface area contributed by atoms with Gasteiger partial charge in [-0.15, -0.1) is 0 Å². The molecule has 0 amide bonds. The van der Waals surface area contributed by atoms with Gasteiger partial charge in [-0.2, -0.15) is 0 Å². The Morgan fingerprint density at radius 1 is 1.31 bits per heavy atom. The molecule has 5 heteroatoms. The van der Waals surface area contributed by atoms with Crippen molar-refractivity contribution >= 4 is 9.84 Å². The molecule has 1 atom stereocenters. The van der Waals surface area contributed by atoms with Gasteiger partial charge in [0, 0.05) is 0 Å². The topological polar surface area (TPSA) is 43.4 Å². The normalized spacial score (nSPS) is 13.7. The first-order valence-corrected chi connectivity index (χ1v) is 6.51. The molecule has 0 spiro atoms. The lowest BCUT2D eigenvalue weighted by atomic mass is 10.2. The van der Waals surface area contributed by atoms with Crippen LogP contribution in [0.3, 0.4) is 0 Å². The Morgan fingerprint density at radius 3 is 2.38 bits per heavy atom. The molecule has 1 aromatic rings. The Bertz CT molecular complexity index is 425. The maximum Gasteiger partial charge on any atom is 0.204 e. The fourth-order valence-electron chi connectivity index (χ4n) is 1.22. The van der Waals surface area contributed by atoms with Gasteiger partial charge in [0.25, 0.3) is 0 Å². The van der Waals surface area contributed by atoms with Crippen molar-refractivity contribution in [1.29, 1.82) is 0 Å². The zero-order valence-electron chi connectivity index (χ0n) is 9.31. The second-order valence-corrected chi connectivity index (χ2v) is 5.71. The number of hydrogen-bond donors (Lipinski definition) is 0. The van der Waals surface area contributed by atoms with Gasteiger partial charge in [-0.05, 0) is 26.0 Å². The lowest BCUT2D eigenvalue weighted by Gasteiger charge is -2.13. The smallest absolute Gasteiger partial charge is 0.204 e. The lowest BCUT2D eigenvalue weighted by Crippen LogP contribution is -2.22. The van der Waals surface area contributed by atoms with Crippen molar-refractivity contribution < 1.29 is 17.5 Å². The van der Waals surface area contributed by atoms with E-state index in [2.05, 4.69) is 0 Å². The van der Waals surface area contributed by atoms with Gasteiger partial charge in [0.05, 0.1) is 11.5 Å². The summed E-state index contributed by atoms with van der Waals surface area (Å²) in [7, 11) is -3.52. The van der Waals surface area contributed by atoms with E-state index in [1.54, 1.807) is 12.1 Å². The van der Waals surface area contributed by atoms with E-state index < -0.39 is 21.9 Å². The first kappa shape index (κ1) is 13.1. The molecule has 0 heterocycles. The van der Waals surface area contributed by atoms with Crippen LogP contribution in [0, 0.1) is 6.92 Å². The van der Waals surface area contributed by atoms with Gasteiger partial charge in [0.15, 0.2) is 5.44 Å². The molecule has 0 saturated carbocycles. The van der Waals surface area contributed by atoms with E-state index >= 15 is 0 Å². The Kier molecular flexibility index (Phi) is 4.44. The quantitative estimate of drug-likeness (QED) is 0.799. The molecule has 1 aromatic carbocycles. The van der Waals surface area contributed by atoms with Crippen molar-refractivity contribution in [1.82, 2.24) is 0 Å². The van der Waals surface area contributed by atoms with Crippen LogP contribution in [0.4, 0.5) is 4.39 Å². The molecule has 0 saturated heterocycles. The molecule has 0 bridgehead atoms. The summed E-state index contributed by atoms with van der Waals surface area (Å²) >= 11 is 0. The van der Waals surface area contributed by atoms with Crippen LogP contribution in [-0.2, 0) is 14.6 Å². The highest BCUT2D eigenvalue weighted by Crippen LogP contribution is 2.17. The molecular formula is C11H15FO3S. The van der Waals surface area contributed by atoms with Crippen LogP contribution in [0.1, 0.15) is 12.5 Å². The molecule has 0 N–H and O–H groups in total. The summed E-state index contributed by atoms with van der Waals surface area (Å²) in [6, 6.07) is 6.49. The minimum atomic E-state index is -3.52. The summed E-state index contributed by atoms with van der Waals surface area (Å²) in [4.78, 5) is 0.199. The second kappa shape index (κ2) is 5.41. The number of benzene rings is 1. The summed E-state index contributed by atoms with van der Waals surface area (Å²) in [6.45, 7) is 2.39. The molecule has 1 unspecified atom stereocenters. The fourth-order valence-corrected chi connectivity index (χ4v) is 2.39. The molecule has 90 valence electrons. The SMILES string of the molecule is Cc1ccc(S(=O)(=O)C(C)OCCF)cc1. The second-order valence-electron chi connectivity index (χ2n) is 3.49. The third kappa shape index (κ3) is 3.02. The highest BCUT2D eigenvalue weighted by atomic mass is 32.2. The molecule has 0 aliphatic rings. The zero-order valence-corrected chi connectivity index (χ0v) is 10.1. The molecule has 0 aromatic heterocycles. The first-order valence-electron chi connectivity index (χ1n) is 4.96. The van der Waals surface area contributed by atoms with Gasteiger partial charge in [-0.25, -0.2) is 12.8 Å². The minimum Gasteiger partial charge on any atom is -0.359 e. The maximum absolute atomic E-state index is 11.9. The molecule has 0 aliphatic carbocycles. The molecule has 16 heavy (non-hydrogen) atoms. The third-order valence-corrected chi connectivity index (χ3v) is 4.16. The van der Waals surface area contributed by atoms with Gasteiger partial charge in [0.2, 0.25) is 9.84 Å². The monoisotopic (exact) mass is 246 g/mol. The van der Waals surface area contributed by atoms with Gasteiger partial charge in [0.1, 0.15) is 6.67 Å². The van der Waals surface area contributed by atoms with Crippen LogP contribution in [-0.4, -0.2) is 27.1 Å². The number of aryl methyl sites for hydroxylation is 1. The van der Waals surface area contributed by atoms with Crippen LogP contribution >= 0.6 is 0 Å². The Balaban J connectivity index is 2.89. The number of sulfone groups is 1. The molecule has 0 radical (unpaired) electrons. The summed E-state index contributed by atoms with van der Waals surface area (Å²) in [6.07, 6.45) is 0. The van der Waals surface area contributed by atoms with Crippen molar-refractivity contribution in [2.75, 3.05) is 13.3 Å². The van der Waals surface area contributed by atoms with Crippen molar-refractivity contribution in [2.45, 2.75) is 24.2 Å². The summed E-state index contributed by atoms with van der Waals surface area (Å²) in [5.41, 5.74) is -0.0396. The highest BCUT2D eigenvalue weighted by Gasteiger charge is 2.23. The minimum absolute atomic E-state index is 0.199. The lowest BCUT2D eigenvalue weighted by molar-refractivity contribution is 0.103. The van der Waals surface area contributed by atoms with Crippen LogP contribution < -0.4 is 0 Å². The average molecular weight is 246 g/mol. The van der Waals surface area contributed by atoms with E-state index in [9.17, 15) is 12.8 Å². The zero-order chi connectivity index (χ0) is 12.2. The van der Waals surface area contributed by atoms with E-state index in [1.165, 1.54) is 19.1 Å². The Hall–Kier alpha value is -0.940. The van der Waals surface area contributed by atoms with E-state index in [4.69, 9.17) is 4.74 Å². The third-order valence-electron chi connectivity index (χ3n) is 2.22. The van der Waals surface area contributed by atoms with Crippen LogP contribution in [0.5, 0.6) is 0 Å². The van der Waals surface area contributed by atoms with E-state index in [0.717, 1.165) is 5.56 Å². The van der Waals surface area contributed by atoms with Crippen LogP contribution in [0.2, 0.25) is 0 Å². The molecule has 1 rings (SSSR count). The van der Waals surface area contributed by atoms with Crippen molar-refractivity contribution in [2.24, 2.45) is 0 Å². The molecule has 3 nitrogen and oxygen atoms in total. The van der Waals surface area contributed by atoms with E-state index in [1.807, 2.05) is 6.92 Å². The summed E-state index contributed by atoms with van der Waals surface area (Å²) < 4.78 is 40.6. The van der Waals surface area contributed by atoms with E-state index in [-0.39, 0.29) is 11.5 Å². The number of halogens is 1. The maximum atomic E-state index is 11.9. The summed E-state index contributed by atoms with van der Waals surface area (Å²) in [5.74, 6) is 0. The predicted octanol–water partition coefficient (Wildman–Crippen LogP) is 2.10. The summed E-state index contributed by atoms with van der Waals surface area (Å²) in [5, 5.41) is 0. The first-order chi connectivity index (χ1) is 7.48. The molecule has 0 fully saturated rings. The van der Waals surface area contributed by atoms with Crippen LogP contribution in [0.25, 0.3) is 0 Å². The number of alkyl halides is 1. The number of hydrogen-bond acceptors (Lipinski definition) is 3. The van der Waals surface area contributed by atoms with Crippen molar-refractivity contribution in [3.05, 3.63) is 29.8 Å². The predicted molar refractivity (Wildman–Crippen MR) is 59.8 cm³/mol. The van der Waals surface area contributed by atoms with Gasteiger partial charge in [-0.1, -0.05) is 17.7 Å². The van der Waals surface area contributed by atoms with Gasteiger partial charge >= 0.3 is 0 Å².